The SMILES string of the molecule is O=C(NC1CCCCCC1)[C@@H]1CCCN(c2ccc3nncn3n2)C1. The first-order valence-electron chi connectivity index (χ1n) is 9.52. The average Bonchev–Trinajstić information content (AvgIpc) is 2.97. The maximum absolute atomic E-state index is 12.7. The summed E-state index contributed by atoms with van der Waals surface area (Å²) in [5, 5.41) is 15.7. The maximum atomic E-state index is 12.7. The minimum absolute atomic E-state index is 0.0513. The van der Waals surface area contributed by atoms with Gasteiger partial charge in [-0.3, -0.25) is 4.79 Å². The molecule has 0 spiro atoms. The standard InChI is InChI=1S/C18H26N6O/c25-18(20-15-7-3-1-2-4-8-15)14-6-5-11-23(12-14)17-10-9-16-21-19-13-24(16)22-17/h9-10,13-15H,1-8,11-12H2,(H,20,25)/t14-/m1/s1. The number of nitrogens with one attached hydrogen (secondary N) is 1. The van der Waals surface area contributed by atoms with E-state index in [2.05, 4.69) is 25.5 Å². The quantitative estimate of drug-likeness (QED) is 0.865. The second kappa shape index (κ2) is 7.37. The first-order valence-corrected chi connectivity index (χ1v) is 9.52. The van der Waals surface area contributed by atoms with Gasteiger partial charge < -0.3 is 10.2 Å². The second-order valence-corrected chi connectivity index (χ2v) is 7.31. The van der Waals surface area contributed by atoms with Crippen LogP contribution in [0.3, 0.4) is 0 Å². The van der Waals surface area contributed by atoms with Gasteiger partial charge in [0, 0.05) is 19.1 Å². The molecule has 0 radical (unpaired) electrons. The van der Waals surface area contributed by atoms with Gasteiger partial charge in [-0.25, -0.2) is 0 Å². The molecular weight excluding hydrogens is 316 g/mol. The molecule has 2 aromatic rings. The van der Waals surface area contributed by atoms with Crippen molar-refractivity contribution in [2.75, 3.05) is 18.0 Å². The number of aromatic nitrogens is 4. The highest BCUT2D eigenvalue weighted by Crippen LogP contribution is 2.23. The third-order valence-corrected chi connectivity index (χ3v) is 5.47. The first kappa shape index (κ1) is 16.3. The van der Waals surface area contributed by atoms with E-state index in [0.29, 0.717) is 6.04 Å². The number of fused-ring (bicyclic) bond motifs is 1. The van der Waals surface area contributed by atoms with E-state index >= 15 is 0 Å². The molecule has 1 atom stereocenters. The van der Waals surface area contributed by atoms with Crippen LogP contribution in [-0.4, -0.2) is 44.8 Å². The average molecular weight is 342 g/mol. The number of nitrogens with zero attached hydrogens (tertiary/aromatic N) is 5. The maximum Gasteiger partial charge on any atom is 0.225 e. The van der Waals surface area contributed by atoms with Crippen molar-refractivity contribution in [3.63, 3.8) is 0 Å². The smallest absolute Gasteiger partial charge is 0.225 e. The molecule has 134 valence electrons. The first-order chi connectivity index (χ1) is 12.3. The number of carbonyl (C=O) groups is 1. The van der Waals surface area contributed by atoms with Crippen LogP contribution in [0.2, 0.25) is 0 Å². The van der Waals surface area contributed by atoms with Crippen molar-refractivity contribution in [1.82, 2.24) is 25.1 Å². The van der Waals surface area contributed by atoms with Crippen molar-refractivity contribution < 1.29 is 4.79 Å². The van der Waals surface area contributed by atoms with E-state index in [1.165, 1.54) is 25.7 Å². The molecule has 25 heavy (non-hydrogen) atoms. The van der Waals surface area contributed by atoms with Crippen LogP contribution in [0.15, 0.2) is 18.5 Å². The van der Waals surface area contributed by atoms with Crippen molar-refractivity contribution in [1.29, 1.82) is 0 Å². The van der Waals surface area contributed by atoms with Gasteiger partial charge in [-0.05, 0) is 37.8 Å². The Balaban J connectivity index is 1.40. The van der Waals surface area contributed by atoms with E-state index in [9.17, 15) is 4.79 Å². The van der Waals surface area contributed by atoms with Crippen molar-refractivity contribution >= 4 is 17.4 Å². The summed E-state index contributed by atoms with van der Waals surface area (Å²) in [6.07, 6.45) is 11.0. The number of hydrogen-bond donors (Lipinski definition) is 1. The van der Waals surface area contributed by atoms with E-state index in [4.69, 9.17) is 0 Å². The molecule has 0 unspecified atom stereocenters. The van der Waals surface area contributed by atoms with Crippen molar-refractivity contribution in [2.45, 2.75) is 57.4 Å². The van der Waals surface area contributed by atoms with Crippen LogP contribution in [0.5, 0.6) is 0 Å². The topological polar surface area (TPSA) is 75.4 Å². The lowest BCUT2D eigenvalue weighted by atomic mass is 9.96. The summed E-state index contributed by atoms with van der Waals surface area (Å²) >= 11 is 0. The van der Waals surface area contributed by atoms with Crippen LogP contribution >= 0.6 is 0 Å². The number of anilines is 1. The molecule has 1 aliphatic carbocycles. The lowest BCUT2D eigenvalue weighted by Crippen LogP contribution is -2.46. The van der Waals surface area contributed by atoms with Crippen molar-refractivity contribution in [3.8, 4) is 0 Å². The molecule has 2 aromatic heterocycles. The Morgan fingerprint density at radius 1 is 1.08 bits per heavy atom. The van der Waals surface area contributed by atoms with Gasteiger partial charge in [0.15, 0.2) is 5.65 Å². The van der Waals surface area contributed by atoms with Crippen LogP contribution in [-0.2, 0) is 4.79 Å². The fourth-order valence-electron chi connectivity index (χ4n) is 4.03. The Morgan fingerprint density at radius 3 is 2.76 bits per heavy atom. The monoisotopic (exact) mass is 342 g/mol. The summed E-state index contributed by atoms with van der Waals surface area (Å²) in [5.74, 6) is 1.16. The third-order valence-electron chi connectivity index (χ3n) is 5.47. The normalized spacial score (nSPS) is 22.7. The van der Waals surface area contributed by atoms with E-state index in [1.807, 2.05) is 12.1 Å². The molecule has 1 saturated carbocycles. The van der Waals surface area contributed by atoms with Crippen molar-refractivity contribution in [3.05, 3.63) is 18.5 Å². The highest BCUT2D eigenvalue weighted by Gasteiger charge is 2.28. The molecule has 1 aliphatic heterocycles. The predicted molar refractivity (Wildman–Crippen MR) is 95.4 cm³/mol. The zero-order valence-electron chi connectivity index (χ0n) is 14.6. The molecule has 2 fully saturated rings. The molecule has 3 heterocycles. The largest absolute Gasteiger partial charge is 0.354 e. The molecule has 0 bridgehead atoms. The minimum atomic E-state index is 0.0513. The van der Waals surface area contributed by atoms with Gasteiger partial charge in [0.1, 0.15) is 12.1 Å². The summed E-state index contributed by atoms with van der Waals surface area (Å²) in [6, 6.07) is 4.26. The van der Waals surface area contributed by atoms with Crippen LogP contribution in [0.4, 0.5) is 5.82 Å². The molecule has 1 N–H and O–H groups in total. The van der Waals surface area contributed by atoms with Gasteiger partial charge >= 0.3 is 0 Å². The fraction of sp³-hybridized carbons (Fsp3) is 0.667. The van der Waals surface area contributed by atoms with Crippen LogP contribution in [0.25, 0.3) is 5.65 Å². The summed E-state index contributed by atoms with van der Waals surface area (Å²) in [5.41, 5.74) is 0.739. The van der Waals surface area contributed by atoms with Gasteiger partial charge in [0.2, 0.25) is 5.91 Å². The second-order valence-electron chi connectivity index (χ2n) is 7.31. The van der Waals surface area contributed by atoms with E-state index < -0.39 is 0 Å². The molecular formula is C18H26N6O. The lowest BCUT2D eigenvalue weighted by molar-refractivity contribution is -0.126. The molecule has 1 saturated heterocycles. The molecule has 7 nitrogen and oxygen atoms in total. The molecule has 7 heteroatoms. The number of piperidine rings is 1. The van der Waals surface area contributed by atoms with Crippen LogP contribution in [0, 0.1) is 5.92 Å². The summed E-state index contributed by atoms with van der Waals surface area (Å²) in [7, 11) is 0. The third kappa shape index (κ3) is 3.75. The Bertz CT molecular complexity index is 721. The Labute approximate surface area is 147 Å². The van der Waals surface area contributed by atoms with Gasteiger partial charge in [-0.1, -0.05) is 25.7 Å². The highest BCUT2D eigenvalue weighted by molar-refractivity contribution is 5.79. The highest BCUT2D eigenvalue weighted by atomic mass is 16.2. The number of rotatable bonds is 3. The summed E-state index contributed by atoms with van der Waals surface area (Å²) in [6.45, 7) is 1.67. The fourth-order valence-corrected chi connectivity index (χ4v) is 4.03. The predicted octanol–water partition coefficient (Wildman–Crippen LogP) is 2.18. The molecule has 0 aromatic carbocycles. The number of hydrogen-bond acceptors (Lipinski definition) is 5. The zero-order valence-corrected chi connectivity index (χ0v) is 14.6. The Kier molecular flexibility index (Phi) is 4.81. The Morgan fingerprint density at radius 2 is 1.92 bits per heavy atom. The molecule has 1 amide bonds. The van der Waals surface area contributed by atoms with Crippen LogP contribution < -0.4 is 10.2 Å². The lowest BCUT2D eigenvalue weighted by Gasteiger charge is -2.33. The van der Waals surface area contributed by atoms with Gasteiger partial charge in [-0.2, -0.15) is 4.52 Å². The minimum Gasteiger partial charge on any atom is -0.354 e. The van der Waals surface area contributed by atoms with E-state index in [1.54, 1.807) is 10.8 Å². The Hall–Kier alpha value is -2.18. The van der Waals surface area contributed by atoms with Crippen LogP contribution in [0.1, 0.15) is 51.4 Å². The molecule has 2 aliphatic rings. The van der Waals surface area contributed by atoms with E-state index in [0.717, 1.165) is 50.2 Å². The number of amides is 1. The van der Waals surface area contributed by atoms with E-state index in [-0.39, 0.29) is 11.8 Å². The zero-order chi connectivity index (χ0) is 17.1. The van der Waals surface area contributed by atoms with Gasteiger partial charge in [0.25, 0.3) is 0 Å². The van der Waals surface area contributed by atoms with Gasteiger partial charge in [-0.15, -0.1) is 15.3 Å². The van der Waals surface area contributed by atoms with Crippen molar-refractivity contribution in [2.24, 2.45) is 5.92 Å². The summed E-state index contributed by atoms with van der Waals surface area (Å²) in [4.78, 5) is 15.0. The molecule has 4 rings (SSSR count). The van der Waals surface area contributed by atoms with Gasteiger partial charge in [0.05, 0.1) is 5.92 Å². The summed E-state index contributed by atoms with van der Waals surface area (Å²) < 4.78 is 1.69. The number of carbonyl (C=O) groups excluding carboxylic acids is 1.